The summed E-state index contributed by atoms with van der Waals surface area (Å²) in [5.41, 5.74) is 4.09. The summed E-state index contributed by atoms with van der Waals surface area (Å²) in [5, 5.41) is 12.8. The molecular weight excluding hydrogens is 443 g/mol. The van der Waals surface area contributed by atoms with Gasteiger partial charge in [-0.1, -0.05) is 54.1 Å². The van der Waals surface area contributed by atoms with E-state index in [1.54, 1.807) is 13.2 Å². The van der Waals surface area contributed by atoms with Crippen LogP contribution in [0, 0.1) is 12.7 Å². The van der Waals surface area contributed by atoms with E-state index < -0.39 is 0 Å². The van der Waals surface area contributed by atoms with Crippen LogP contribution in [0.1, 0.15) is 28.6 Å². The van der Waals surface area contributed by atoms with Gasteiger partial charge in [0.05, 0.1) is 25.4 Å². The van der Waals surface area contributed by atoms with Crippen LogP contribution in [-0.4, -0.2) is 58.4 Å². The number of anilines is 1. The molecule has 3 aromatic carbocycles. The van der Waals surface area contributed by atoms with E-state index in [1.807, 2.05) is 41.1 Å². The maximum absolute atomic E-state index is 14.4. The molecule has 0 spiro atoms. The minimum atomic E-state index is -0.181. The molecule has 1 atom stereocenters. The summed E-state index contributed by atoms with van der Waals surface area (Å²) in [6.07, 6.45) is 0. The van der Waals surface area contributed by atoms with Gasteiger partial charge in [0.25, 0.3) is 0 Å². The lowest BCUT2D eigenvalue weighted by Gasteiger charge is -2.40. The molecule has 2 heterocycles. The number of aryl methyl sites for hydroxylation is 1. The number of halogens is 1. The van der Waals surface area contributed by atoms with Crippen molar-refractivity contribution in [2.45, 2.75) is 19.5 Å². The smallest absolute Gasteiger partial charge is 0.173 e. The second-order valence-electron chi connectivity index (χ2n) is 8.83. The fourth-order valence-corrected chi connectivity index (χ4v) is 4.63. The van der Waals surface area contributed by atoms with Gasteiger partial charge in [-0.05, 0) is 52.7 Å². The molecule has 35 heavy (non-hydrogen) atoms. The van der Waals surface area contributed by atoms with Crippen molar-refractivity contribution >= 4 is 5.69 Å². The van der Waals surface area contributed by atoms with Gasteiger partial charge in [0.15, 0.2) is 5.82 Å². The van der Waals surface area contributed by atoms with Gasteiger partial charge in [0.2, 0.25) is 0 Å². The van der Waals surface area contributed by atoms with Gasteiger partial charge >= 0.3 is 0 Å². The highest BCUT2D eigenvalue weighted by Gasteiger charge is 2.31. The number of hydrogen-bond donors (Lipinski definition) is 0. The highest BCUT2D eigenvalue weighted by atomic mass is 19.1. The molecule has 1 aromatic heterocycles. The summed E-state index contributed by atoms with van der Waals surface area (Å²) in [6.45, 7) is 5.63. The lowest BCUT2D eigenvalue weighted by atomic mass is 10.0. The first-order valence-electron chi connectivity index (χ1n) is 11.8. The molecule has 0 bridgehead atoms. The monoisotopic (exact) mass is 472 g/mol. The number of hydrogen-bond acceptors (Lipinski definition) is 6. The van der Waals surface area contributed by atoms with E-state index in [0.717, 1.165) is 48.9 Å². The first-order valence-corrected chi connectivity index (χ1v) is 11.8. The van der Waals surface area contributed by atoms with Gasteiger partial charge < -0.3 is 9.64 Å². The Labute approximate surface area is 204 Å². The SMILES string of the molecule is COc1ccc(Cn2nnnc2[C@@H](c2ccc(C)cc2)N2CCN(c3ccccc3F)CC2)cc1. The Morgan fingerprint density at radius 3 is 2.31 bits per heavy atom. The van der Waals surface area contributed by atoms with Crippen molar-refractivity contribution in [3.63, 3.8) is 0 Å². The molecule has 1 aliphatic rings. The molecule has 1 saturated heterocycles. The number of aromatic nitrogens is 4. The molecule has 8 heteroatoms. The van der Waals surface area contributed by atoms with E-state index in [-0.39, 0.29) is 11.9 Å². The largest absolute Gasteiger partial charge is 0.497 e. The van der Waals surface area contributed by atoms with Crippen molar-refractivity contribution in [1.29, 1.82) is 0 Å². The lowest BCUT2D eigenvalue weighted by Crippen LogP contribution is -2.48. The highest BCUT2D eigenvalue weighted by molar-refractivity contribution is 5.48. The molecule has 1 fully saturated rings. The normalized spacial score (nSPS) is 15.2. The van der Waals surface area contributed by atoms with Crippen LogP contribution in [0.3, 0.4) is 0 Å². The van der Waals surface area contributed by atoms with Crippen molar-refractivity contribution in [2.24, 2.45) is 0 Å². The molecule has 0 unspecified atom stereocenters. The lowest BCUT2D eigenvalue weighted by molar-refractivity contribution is 0.201. The van der Waals surface area contributed by atoms with Crippen molar-refractivity contribution < 1.29 is 9.13 Å². The predicted molar refractivity (Wildman–Crippen MR) is 133 cm³/mol. The second-order valence-corrected chi connectivity index (χ2v) is 8.83. The number of ether oxygens (including phenoxy) is 1. The average molecular weight is 473 g/mol. The van der Waals surface area contributed by atoms with E-state index in [9.17, 15) is 4.39 Å². The maximum atomic E-state index is 14.4. The number of para-hydroxylation sites is 1. The van der Waals surface area contributed by atoms with Gasteiger partial charge in [-0.3, -0.25) is 4.90 Å². The molecule has 1 aliphatic heterocycles. The van der Waals surface area contributed by atoms with Crippen LogP contribution < -0.4 is 9.64 Å². The maximum Gasteiger partial charge on any atom is 0.173 e. The first kappa shape index (κ1) is 23.0. The molecule has 5 rings (SSSR count). The second kappa shape index (κ2) is 10.2. The molecule has 0 aliphatic carbocycles. The fourth-order valence-electron chi connectivity index (χ4n) is 4.63. The number of piperazine rings is 1. The Balaban J connectivity index is 1.42. The highest BCUT2D eigenvalue weighted by Crippen LogP contribution is 2.30. The summed E-state index contributed by atoms with van der Waals surface area (Å²) in [4.78, 5) is 4.50. The number of tetrazole rings is 1. The minimum Gasteiger partial charge on any atom is -0.497 e. The molecule has 0 saturated carbocycles. The molecule has 0 N–H and O–H groups in total. The Hall–Kier alpha value is -3.78. The topological polar surface area (TPSA) is 59.3 Å². The van der Waals surface area contributed by atoms with Crippen LogP contribution in [0.4, 0.5) is 10.1 Å². The van der Waals surface area contributed by atoms with Gasteiger partial charge in [0, 0.05) is 26.2 Å². The third kappa shape index (κ3) is 5.02. The standard InChI is InChI=1S/C27H29FN6O/c1-20-7-11-22(12-8-20)26(33-17-15-32(16-18-33)25-6-4-3-5-24(25)28)27-29-30-31-34(27)19-21-9-13-23(35-2)14-10-21/h3-14,26H,15-19H2,1-2H3/t26-/m1/s1. The molecule has 0 amide bonds. The van der Waals surface area contributed by atoms with Crippen LogP contribution in [0.25, 0.3) is 0 Å². The van der Waals surface area contributed by atoms with Crippen LogP contribution in [-0.2, 0) is 6.54 Å². The first-order chi connectivity index (χ1) is 17.1. The Morgan fingerprint density at radius 2 is 1.63 bits per heavy atom. The van der Waals surface area contributed by atoms with Crippen molar-refractivity contribution in [3.8, 4) is 5.75 Å². The van der Waals surface area contributed by atoms with Gasteiger partial charge in [0.1, 0.15) is 11.6 Å². The summed E-state index contributed by atoms with van der Waals surface area (Å²) >= 11 is 0. The zero-order chi connectivity index (χ0) is 24.2. The van der Waals surface area contributed by atoms with E-state index in [0.29, 0.717) is 12.2 Å². The van der Waals surface area contributed by atoms with Crippen LogP contribution in [0.15, 0.2) is 72.8 Å². The molecular formula is C27H29FN6O. The molecule has 4 aromatic rings. The van der Waals surface area contributed by atoms with Gasteiger partial charge in [-0.15, -0.1) is 5.10 Å². The fraction of sp³-hybridized carbons (Fsp3) is 0.296. The number of benzene rings is 3. The van der Waals surface area contributed by atoms with Crippen LogP contribution in [0.5, 0.6) is 5.75 Å². The van der Waals surface area contributed by atoms with Gasteiger partial charge in [-0.25, -0.2) is 9.07 Å². The Kier molecular flexibility index (Phi) is 6.72. The number of nitrogens with zero attached hydrogens (tertiary/aromatic N) is 6. The van der Waals surface area contributed by atoms with Crippen LogP contribution in [0.2, 0.25) is 0 Å². The quantitative estimate of drug-likeness (QED) is 0.404. The average Bonchev–Trinajstić information content (AvgIpc) is 3.34. The van der Waals surface area contributed by atoms with E-state index in [1.165, 1.54) is 11.6 Å². The zero-order valence-corrected chi connectivity index (χ0v) is 20.0. The summed E-state index contributed by atoms with van der Waals surface area (Å²) < 4.78 is 21.5. The van der Waals surface area contributed by atoms with E-state index in [4.69, 9.17) is 4.74 Å². The third-order valence-corrected chi connectivity index (χ3v) is 6.56. The third-order valence-electron chi connectivity index (χ3n) is 6.56. The molecule has 180 valence electrons. The molecule has 7 nitrogen and oxygen atoms in total. The summed E-state index contributed by atoms with van der Waals surface area (Å²) in [5.74, 6) is 1.43. The van der Waals surface area contributed by atoms with E-state index in [2.05, 4.69) is 56.5 Å². The van der Waals surface area contributed by atoms with Gasteiger partial charge in [-0.2, -0.15) is 0 Å². The predicted octanol–water partition coefficient (Wildman–Crippen LogP) is 4.09. The van der Waals surface area contributed by atoms with Crippen molar-refractivity contribution in [3.05, 3.63) is 101 Å². The van der Waals surface area contributed by atoms with Crippen molar-refractivity contribution in [1.82, 2.24) is 25.1 Å². The number of methoxy groups -OCH3 is 1. The zero-order valence-electron chi connectivity index (χ0n) is 20.0. The number of rotatable bonds is 7. The Bertz CT molecular complexity index is 1250. The van der Waals surface area contributed by atoms with Crippen molar-refractivity contribution in [2.75, 3.05) is 38.2 Å². The minimum absolute atomic E-state index is 0.105. The summed E-state index contributed by atoms with van der Waals surface area (Å²) in [7, 11) is 1.66. The van der Waals surface area contributed by atoms with Crippen LogP contribution >= 0.6 is 0 Å². The molecule has 0 radical (unpaired) electrons. The Morgan fingerprint density at radius 1 is 0.914 bits per heavy atom. The van der Waals surface area contributed by atoms with E-state index >= 15 is 0 Å². The summed E-state index contributed by atoms with van der Waals surface area (Å²) in [6, 6.07) is 23.3.